The molecule has 0 saturated carbocycles. The molecule has 43 heavy (non-hydrogen) atoms. The summed E-state index contributed by atoms with van der Waals surface area (Å²) in [5.74, 6) is -0.405. The zero-order chi connectivity index (χ0) is 30.2. The standard InChI is InChI=1S/C34H30N2O6S/c1-5-40-26-17-23(12-14-24(26)41-18-22-9-7-6-8-10-22)30-28(31(37)25-13-11-21(4)42-25)32(38)33(39)36(30)34-35-29-20(3)15-19(2)16-27(29)43-34/h6-17,30,38H,5,18H2,1-4H3. The molecule has 3 heterocycles. The quantitative estimate of drug-likeness (QED) is 0.176. The lowest BCUT2D eigenvalue weighted by Gasteiger charge is -2.25. The number of benzene rings is 3. The van der Waals surface area contributed by atoms with Crippen molar-refractivity contribution in [2.45, 2.75) is 40.3 Å². The zero-order valence-corrected chi connectivity index (χ0v) is 25.0. The number of amides is 1. The molecule has 5 aromatic rings. The minimum Gasteiger partial charge on any atom is -0.503 e. The molecular formula is C34H30N2O6S. The van der Waals surface area contributed by atoms with Crippen LogP contribution in [0.25, 0.3) is 10.2 Å². The molecule has 0 fully saturated rings. The molecule has 2 aromatic heterocycles. The first-order chi connectivity index (χ1) is 20.7. The van der Waals surface area contributed by atoms with E-state index in [9.17, 15) is 14.7 Å². The van der Waals surface area contributed by atoms with Crippen LogP contribution in [0.2, 0.25) is 0 Å². The minimum absolute atomic E-state index is 0.0299. The third-order valence-electron chi connectivity index (χ3n) is 7.26. The lowest BCUT2D eigenvalue weighted by molar-refractivity contribution is -0.117. The van der Waals surface area contributed by atoms with E-state index in [1.165, 1.54) is 22.3 Å². The van der Waals surface area contributed by atoms with Gasteiger partial charge in [-0.15, -0.1) is 0 Å². The number of ether oxygens (including phenoxy) is 2. The van der Waals surface area contributed by atoms with Crippen LogP contribution in [-0.2, 0) is 11.4 Å². The van der Waals surface area contributed by atoms with Crippen molar-refractivity contribution < 1.29 is 28.6 Å². The predicted octanol–water partition coefficient (Wildman–Crippen LogP) is 7.58. The molecule has 8 nitrogen and oxygen atoms in total. The van der Waals surface area contributed by atoms with Gasteiger partial charge in [-0.2, -0.15) is 0 Å². The Morgan fingerprint density at radius 1 is 1.00 bits per heavy atom. The maximum Gasteiger partial charge on any atom is 0.296 e. The number of nitrogens with zero attached hydrogens (tertiary/aromatic N) is 2. The molecule has 9 heteroatoms. The number of thiazole rings is 1. The fourth-order valence-electron chi connectivity index (χ4n) is 5.32. The average Bonchev–Trinajstić information content (AvgIpc) is 3.69. The molecule has 1 aliphatic rings. The number of carbonyl (C=O) groups is 2. The van der Waals surface area contributed by atoms with Gasteiger partial charge in [0.1, 0.15) is 12.4 Å². The maximum atomic E-state index is 13.8. The van der Waals surface area contributed by atoms with Gasteiger partial charge in [-0.05, 0) is 80.3 Å². The molecule has 1 unspecified atom stereocenters. The zero-order valence-electron chi connectivity index (χ0n) is 24.2. The third-order valence-corrected chi connectivity index (χ3v) is 8.26. The molecule has 1 amide bonds. The summed E-state index contributed by atoms with van der Waals surface area (Å²) in [4.78, 5) is 33.8. The van der Waals surface area contributed by atoms with Crippen molar-refractivity contribution >= 4 is 38.4 Å². The first kappa shape index (κ1) is 28.2. The molecule has 218 valence electrons. The number of carbonyl (C=O) groups excluding carboxylic acids is 2. The molecule has 0 saturated heterocycles. The highest BCUT2D eigenvalue weighted by molar-refractivity contribution is 7.22. The van der Waals surface area contributed by atoms with Crippen LogP contribution < -0.4 is 14.4 Å². The number of aryl methyl sites for hydroxylation is 3. The number of furan rings is 1. The number of rotatable bonds is 9. The van der Waals surface area contributed by atoms with E-state index in [0.717, 1.165) is 26.9 Å². The van der Waals surface area contributed by atoms with Gasteiger partial charge in [-0.25, -0.2) is 4.98 Å². The van der Waals surface area contributed by atoms with E-state index in [-0.39, 0.29) is 11.3 Å². The Morgan fingerprint density at radius 2 is 1.79 bits per heavy atom. The van der Waals surface area contributed by atoms with Crippen molar-refractivity contribution in [3.05, 3.63) is 118 Å². The molecule has 0 spiro atoms. The maximum absolute atomic E-state index is 13.8. The van der Waals surface area contributed by atoms with E-state index in [0.29, 0.717) is 41.2 Å². The lowest BCUT2D eigenvalue weighted by atomic mass is 9.95. The smallest absolute Gasteiger partial charge is 0.296 e. The van der Waals surface area contributed by atoms with Crippen LogP contribution >= 0.6 is 11.3 Å². The number of aliphatic hydroxyl groups excluding tert-OH is 1. The van der Waals surface area contributed by atoms with Gasteiger partial charge in [0, 0.05) is 0 Å². The average molecular weight is 595 g/mol. The number of aliphatic hydroxyl groups is 1. The van der Waals surface area contributed by atoms with Crippen molar-refractivity contribution in [2.75, 3.05) is 11.5 Å². The SMILES string of the molecule is CCOc1cc(C2C(C(=O)c3ccc(C)o3)=C(O)C(=O)N2c2nc3c(C)cc(C)cc3s2)ccc1OCc1ccccc1. The molecule has 3 aromatic carbocycles. The number of Topliss-reactive ketones (excluding diaryl/α,β-unsaturated/α-hetero) is 1. The molecule has 6 rings (SSSR count). The second kappa shape index (κ2) is 11.4. The Hall–Kier alpha value is -4.89. The van der Waals surface area contributed by atoms with Gasteiger partial charge in [0.25, 0.3) is 5.91 Å². The summed E-state index contributed by atoms with van der Waals surface area (Å²) in [6.07, 6.45) is 0. The highest BCUT2D eigenvalue weighted by Gasteiger charge is 2.47. The summed E-state index contributed by atoms with van der Waals surface area (Å²) in [6.45, 7) is 8.26. The van der Waals surface area contributed by atoms with Crippen LogP contribution in [0.15, 0.2) is 88.5 Å². The normalized spacial score (nSPS) is 15.0. The van der Waals surface area contributed by atoms with E-state index in [2.05, 4.69) is 0 Å². The summed E-state index contributed by atoms with van der Waals surface area (Å²) in [7, 11) is 0. The van der Waals surface area contributed by atoms with Crippen LogP contribution in [0.5, 0.6) is 11.5 Å². The van der Waals surface area contributed by atoms with Gasteiger partial charge in [0.05, 0.1) is 28.4 Å². The van der Waals surface area contributed by atoms with Crippen molar-refractivity contribution in [2.24, 2.45) is 0 Å². The third kappa shape index (κ3) is 5.28. The lowest BCUT2D eigenvalue weighted by Crippen LogP contribution is -2.31. The monoisotopic (exact) mass is 594 g/mol. The molecule has 0 radical (unpaired) electrons. The topological polar surface area (TPSA) is 102 Å². The Morgan fingerprint density at radius 3 is 2.51 bits per heavy atom. The van der Waals surface area contributed by atoms with Gasteiger partial charge >= 0.3 is 0 Å². The van der Waals surface area contributed by atoms with Crippen LogP contribution in [0.1, 0.15) is 51.5 Å². The largest absolute Gasteiger partial charge is 0.503 e. The van der Waals surface area contributed by atoms with E-state index in [4.69, 9.17) is 18.9 Å². The second-order valence-electron chi connectivity index (χ2n) is 10.4. The van der Waals surface area contributed by atoms with Crippen LogP contribution in [-0.4, -0.2) is 28.4 Å². The van der Waals surface area contributed by atoms with Gasteiger partial charge in [0.2, 0.25) is 5.78 Å². The summed E-state index contributed by atoms with van der Waals surface area (Å²) >= 11 is 1.33. The fraction of sp³-hybridized carbons (Fsp3) is 0.206. The summed E-state index contributed by atoms with van der Waals surface area (Å²) in [5, 5.41) is 11.6. The fourth-order valence-corrected chi connectivity index (χ4v) is 6.49. The van der Waals surface area contributed by atoms with Crippen LogP contribution in [0.4, 0.5) is 5.13 Å². The number of fused-ring (bicyclic) bond motifs is 1. The number of ketones is 1. The molecule has 1 N–H and O–H groups in total. The van der Waals surface area contributed by atoms with E-state index >= 15 is 0 Å². The van der Waals surface area contributed by atoms with E-state index < -0.39 is 23.5 Å². The molecule has 1 atom stereocenters. The highest BCUT2D eigenvalue weighted by atomic mass is 32.1. The molecule has 1 aliphatic heterocycles. The van der Waals surface area contributed by atoms with Gasteiger partial charge in [-0.3, -0.25) is 14.5 Å². The number of anilines is 1. The predicted molar refractivity (Wildman–Crippen MR) is 165 cm³/mol. The first-order valence-corrected chi connectivity index (χ1v) is 14.8. The second-order valence-corrected chi connectivity index (χ2v) is 11.4. The van der Waals surface area contributed by atoms with Crippen molar-refractivity contribution in [3.63, 3.8) is 0 Å². The summed E-state index contributed by atoms with van der Waals surface area (Å²) in [6, 6.07) is 21.3. The van der Waals surface area contributed by atoms with E-state index in [1.54, 1.807) is 31.2 Å². The Balaban J connectivity index is 1.46. The van der Waals surface area contributed by atoms with Crippen molar-refractivity contribution in [1.82, 2.24) is 4.98 Å². The molecular weight excluding hydrogens is 564 g/mol. The number of aromatic nitrogens is 1. The van der Waals surface area contributed by atoms with Crippen LogP contribution in [0, 0.1) is 20.8 Å². The number of hydrogen-bond acceptors (Lipinski definition) is 8. The Labute approximate surface area is 252 Å². The minimum atomic E-state index is -0.991. The van der Waals surface area contributed by atoms with Gasteiger partial charge < -0.3 is 19.0 Å². The highest BCUT2D eigenvalue weighted by Crippen LogP contribution is 2.46. The Kier molecular flexibility index (Phi) is 7.50. The van der Waals surface area contributed by atoms with Gasteiger partial charge in [0.15, 0.2) is 28.1 Å². The number of hydrogen-bond donors (Lipinski definition) is 1. The van der Waals surface area contributed by atoms with E-state index in [1.807, 2.05) is 63.2 Å². The molecule has 0 bridgehead atoms. The first-order valence-electron chi connectivity index (χ1n) is 13.9. The Bertz CT molecular complexity index is 1890. The van der Waals surface area contributed by atoms with Crippen molar-refractivity contribution in [1.29, 1.82) is 0 Å². The van der Waals surface area contributed by atoms with Crippen molar-refractivity contribution in [3.8, 4) is 11.5 Å². The summed E-state index contributed by atoms with van der Waals surface area (Å²) < 4.78 is 18.6. The molecule has 0 aliphatic carbocycles. The van der Waals surface area contributed by atoms with Crippen LogP contribution in [0.3, 0.4) is 0 Å². The summed E-state index contributed by atoms with van der Waals surface area (Å²) in [5.41, 5.74) is 4.26. The van der Waals surface area contributed by atoms with Gasteiger partial charge in [-0.1, -0.05) is 53.8 Å².